The minimum absolute atomic E-state index is 0.0905. The number of hydrogen-bond acceptors (Lipinski definition) is 4. The van der Waals surface area contributed by atoms with Gasteiger partial charge in [-0.1, -0.05) is 28.1 Å². The summed E-state index contributed by atoms with van der Waals surface area (Å²) in [6.45, 7) is 0. The maximum Gasteiger partial charge on any atom is 0.335 e. The number of phenols is 1. The number of nitrogens with one attached hydrogen (secondary N) is 1. The lowest BCUT2D eigenvalue weighted by Gasteiger charge is -2.03. The van der Waals surface area contributed by atoms with E-state index in [9.17, 15) is 14.7 Å². The van der Waals surface area contributed by atoms with Crippen LogP contribution in [-0.2, 0) is 0 Å². The Morgan fingerprint density at radius 3 is 2.45 bits per heavy atom. The number of nitrogens with zero attached hydrogens (tertiary/aromatic N) is 1. The molecule has 0 unspecified atom stereocenters. The molecule has 0 radical (unpaired) electrons. The van der Waals surface area contributed by atoms with Gasteiger partial charge in [0.05, 0.1) is 17.3 Å². The molecular formula is C15H11BrN2O4. The lowest BCUT2D eigenvalue weighted by atomic mass is 10.1. The normalized spacial score (nSPS) is 10.6. The Morgan fingerprint density at radius 2 is 1.82 bits per heavy atom. The zero-order chi connectivity index (χ0) is 16.1. The summed E-state index contributed by atoms with van der Waals surface area (Å²) in [7, 11) is 0. The van der Waals surface area contributed by atoms with Crippen LogP contribution < -0.4 is 5.43 Å². The van der Waals surface area contributed by atoms with Gasteiger partial charge in [0.2, 0.25) is 0 Å². The second-order valence-electron chi connectivity index (χ2n) is 4.29. The van der Waals surface area contributed by atoms with E-state index in [1.54, 1.807) is 18.2 Å². The molecule has 0 atom stereocenters. The van der Waals surface area contributed by atoms with Gasteiger partial charge in [-0.25, -0.2) is 10.2 Å². The van der Waals surface area contributed by atoms with Gasteiger partial charge in [-0.3, -0.25) is 4.79 Å². The molecule has 0 aliphatic rings. The highest BCUT2D eigenvalue weighted by Gasteiger charge is 2.10. The first-order valence-electron chi connectivity index (χ1n) is 6.12. The lowest BCUT2D eigenvalue weighted by Crippen LogP contribution is -2.17. The summed E-state index contributed by atoms with van der Waals surface area (Å²) in [5.74, 6) is -1.72. The van der Waals surface area contributed by atoms with Gasteiger partial charge in [0.15, 0.2) is 0 Å². The molecule has 0 aromatic heterocycles. The van der Waals surface area contributed by atoms with Gasteiger partial charge in [0.1, 0.15) is 5.75 Å². The number of aromatic carboxylic acids is 1. The fourth-order valence-electron chi connectivity index (χ4n) is 1.63. The molecule has 22 heavy (non-hydrogen) atoms. The molecule has 0 fully saturated rings. The van der Waals surface area contributed by atoms with Crippen molar-refractivity contribution in [3.8, 4) is 5.75 Å². The number of phenolic OH excluding ortho intramolecular Hbond substituents is 1. The predicted octanol–water partition coefficient (Wildman–Crippen LogP) is 2.62. The van der Waals surface area contributed by atoms with Crippen LogP contribution in [0.1, 0.15) is 26.3 Å². The van der Waals surface area contributed by atoms with Crippen molar-refractivity contribution < 1.29 is 19.8 Å². The van der Waals surface area contributed by atoms with Gasteiger partial charge in [-0.15, -0.1) is 0 Å². The minimum atomic E-state index is -1.01. The Morgan fingerprint density at radius 1 is 1.14 bits per heavy atom. The van der Waals surface area contributed by atoms with Crippen LogP contribution in [0.4, 0.5) is 0 Å². The fraction of sp³-hybridized carbons (Fsp3) is 0. The number of carbonyl (C=O) groups is 2. The van der Waals surface area contributed by atoms with E-state index in [4.69, 9.17) is 5.11 Å². The van der Waals surface area contributed by atoms with Crippen molar-refractivity contribution in [2.24, 2.45) is 5.10 Å². The van der Waals surface area contributed by atoms with E-state index in [2.05, 4.69) is 26.5 Å². The van der Waals surface area contributed by atoms with Crippen LogP contribution in [0, 0.1) is 0 Å². The van der Waals surface area contributed by atoms with E-state index < -0.39 is 11.9 Å². The number of rotatable bonds is 4. The Bertz CT molecular complexity index is 742. The van der Waals surface area contributed by atoms with Crippen molar-refractivity contribution in [2.75, 3.05) is 0 Å². The smallest absolute Gasteiger partial charge is 0.335 e. The molecule has 0 spiro atoms. The van der Waals surface area contributed by atoms with Crippen molar-refractivity contribution in [1.29, 1.82) is 0 Å². The highest BCUT2D eigenvalue weighted by Crippen LogP contribution is 2.21. The molecule has 3 N–H and O–H groups in total. The molecule has 7 heteroatoms. The molecule has 0 saturated carbocycles. The lowest BCUT2D eigenvalue weighted by molar-refractivity contribution is 0.0696. The minimum Gasteiger partial charge on any atom is -0.507 e. The number of hydrazone groups is 1. The average Bonchev–Trinajstić information content (AvgIpc) is 2.50. The number of benzene rings is 2. The van der Waals surface area contributed by atoms with E-state index in [0.29, 0.717) is 10.0 Å². The summed E-state index contributed by atoms with van der Waals surface area (Å²) >= 11 is 3.21. The van der Waals surface area contributed by atoms with Crippen molar-refractivity contribution in [2.45, 2.75) is 0 Å². The molecule has 0 heterocycles. The molecule has 1 amide bonds. The van der Waals surface area contributed by atoms with Gasteiger partial charge >= 0.3 is 5.97 Å². The Labute approximate surface area is 134 Å². The van der Waals surface area contributed by atoms with E-state index in [1.165, 1.54) is 30.5 Å². The number of halogens is 1. The number of hydrogen-bond donors (Lipinski definition) is 3. The quantitative estimate of drug-likeness (QED) is 0.574. The van der Waals surface area contributed by atoms with Crippen molar-refractivity contribution in [1.82, 2.24) is 5.43 Å². The van der Waals surface area contributed by atoms with Crippen molar-refractivity contribution in [3.05, 3.63) is 63.6 Å². The standard InChI is InChI=1S/C15H11BrN2O4/c16-11-5-6-13(19)12(7-11)14(20)18-17-8-9-1-3-10(4-2-9)15(21)22/h1-8,19H,(H,18,20)(H,21,22)/b17-8-. The van der Waals surface area contributed by atoms with Gasteiger partial charge in [-0.2, -0.15) is 5.10 Å². The van der Waals surface area contributed by atoms with Gasteiger partial charge in [0, 0.05) is 4.47 Å². The second-order valence-corrected chi connectivity index (χ2v) is 5.20. The van der Waals surface area contributed by atoms with E-state index >= 15 is 0 Å². The number of carboxylic acid groups (broad SMARTS) is 1. The summed E-state index contributed by atoms with van der Waals surface area (Å²) in [5, 5.41) is 22.2. The molecule has 6 nitrogen and oxygen atoms in total. The maximum absolute atomic E-state index is 11.9. The molecule has 2 aromatic carbocycles. The first-order chi connectivity index (χ1) is 10.5. The molecular weight excluding hydrogens is 352 g/mol. The van der Waals surface area contributed by atoms with Gasteiger partial charge in [0.25, 0.3) is 5.91 Å². The molecule has 0 saturated heterocycles. The third-order valence-electron chi connectivity index (χ3n) is 2.74. The van der Waals surface area contributed by atoms with E-state index in [-0.39, 0.29) is 16.9 Å². The molecule has 2 rings (SSSR count). The van der Waals surface area contributed by atoms with E-state index in [1.807, 2.05) is 0 Å². The SMILES string of the molecule is O=C(O)c1ccc(/C=N\NC(=O)c2cc(Br)ccc2O)cc1. The van der Waals surface area contributed by atoms with E-state index in [0.717, 1.165) is 0 Å². The van der Waals surface area contributed by atoms with Crippen LogP contribution in [0.25, 0.3) is 0 Å². The summed E-state index contributed by atoms with van der Waals surface area (Å²) < 4.78 is 0.656. The van der Waals surface area contributed by atoms with Gasteiger partial charge in [-0.05, 0) is 35.9 Å². The second kappa shape index (κ2) is 6.86. The van der Waals surface area contributed by atoms with Crippen molar-refractivity contribution in [3.63, 3.8) is 0 Å². The largest absolute Gasteiger partial charge is 0.507 e. The van der Waals surface area contributed by atoms with Crippen LogP contribution in [-0.4, -0.2) is 28.3 Å². The Kier molecular flexibility index (Phi) is 4.90. The highest BCUT2D eigenvalue weighted by atomic mass is 79.9. The molecule has 0 bridgehead atoms. The van der Waals surface area contributed by atoms with Crippen LogP contribution in [0.2, 0.25) is 0 Å². The first-order valence-corrected chi connectivity index (χ1v) is 6.92. The zero-order valence-corrected chi connectivity index (χ0v) is 12.7. The summed E-state index contributed by atoms with van der Waals surface area (Å²) in [6.07, 6.45) is 1.37. The monoisotopic (exact) mass is 362 g/mol. The Hall–Kier alpha value is -2.67. The molecule has 2 aromatic rings. The predicted molar refractivity (Wildman–Crippen MR) is 84.3 cm³/mol. The van der Waals surface area contributed by atoms with Gasteiger partial charge < -0.3 is 10.2 Å². The third kappa shape index (κ3) is 3.92. The summed E-state index contributed by atoms with van der Waals surface area (Å²) in [5.41, 5.74) is 3.17. The molecule has 112 valence electrons. The van der Waals surface area contributed by atoms with Crippen molar-refractivity contribution >= 4 is 34.0 Å². The van der Waals surface area contributed by atoms with Crippen LogP contribution in [0.3, 0.4) is 0 Å². The molecule has 0 aliphatic carbocycles. The maximum atomic E-state index is 11.9. The fourth-order valence-corrected chi connectivity index (χ4v) is 1.99. The third-order valence-corrected chi connectivity index (χ3v) is 3.23. The number of carbonyl (C=O) groups excluding carboxylic acids is 1. The Balaban J connectivity index is 2.04. The number of aromatic hydroxyl groups is 1. The zero-order valence-electron chi connectivity index (χ0n) is 11.2. The molecule has 0 aliphatic heterocycles. The van der Waals surface area contributed by atoms with Crippen LogP contribution in [0.5, 0.6) is 5.75 Å². The number of amides is 1. The first kappa shape index (κ1) is 15.7. The summed E-state index contributed by atoms with van der Waals surface area (Å²) in [4.78, 5) is 22.6. The number of carboxylic acids is 1. The average molecular weight is 363 g/mol. The summed E-state index contributed by atoms with van der Waals surface area (Å²) in [6, 6.07) is 10.5. The van der Waals surface area contributed by atoms with Crippen LogP contribution >= 0.6 is 15.9 Å². The highest BCUT2D eigenvalue weighted by molar-refractivity contribution is 9.10. The topological polar surface area (TPSA) is 99.0 Å². The van der Waals surface area contributed by atoms with Crippen LogP contribution in [0.15, 0.2) is 52.0 Å².